The number of halogens is 2. The molecule has 1 heterocycles. The molecule has 1 aromatic heterocycles. The van der Waals surface area contributed by atoms with Gasteiger partial charge in [0.1, 0.15) is 5.01 Å². The van der Waals surface area contributed by atoms with Crippen molar-refractivity contribution in [1.82, 2.24) is 15.6 Å². The summed E-state index contributed by atoms with van der Waals surface area (Å²) in [5.74, 6) is -0.530. The van der Waals surface area contributed by atoms with Gasteiger partial charge in [-0.15, -0.1) is 36.2 Å². The number of carbonyl (C=O) groups excluding carboxylic acids is 2. The van der Waals surface area contributed by atoms with E-state index in [1.165, 1.54) is 11.3 Å². The number of nitrogens with one attached hydrogen (secondary N) is 2. The fourth-order valence-electron chi connectivity index (χ4n) is 1.51. The van der Waals surface area contributed by atoms with Crippen LogP contribution in [0.15, 0.2) is 5.38 Å². The number of hydrogen-bond acceptors (Lipinski definition) is 5. The molecule has 22 heavy (non-hydrogen) atoms. The summed E-state index contributed by atoms with van der Waals surface area (Å²) in [7, 11) is 0. The van der Waals surface area contributed by atoms with Gasteiger partial charge in [0.25, 0.3) is 0 Å². The highest BCUT2D eigenvalue weighted by Gasteiger charge is 2.18. The van der Waals surface area contributed by atoms with Crippen molar-refractivity contribution in [3.63, 3.8) is 0 Å². The Hall–Kier alpha value is -0.890. The molecule has 9 heteroatoms. The smallest absolute Gasteiger partial charge is 0.239 e. The fourth-order valence-corrected chi connectivity index (χ4v) is 2.32. The maximum absolute atomic E-state index is 11.7. The van der Waals surface area contributed by atoms with Crippen LogP contribution in [-0.4, -0.2) is 29.4 Å². The first-order chi connectivity index (χ1) is 9.31. The van der Waals surface area contributed by atoms with Crippen LogP contribution in [0.25, 0.3) is 0 Å². The third-order valence-corrected chi connectivity index (χ3v) is 3.97. The van der Waals surface area contributed by atoms with Crippen LogP contribution in [0.4, 0.5) is 0 Å². The highest BCUT2D eigenvalue weighted by molar-refractivity contribution is 7.09. The van der Waals surface area contributed by atoms with Crippen LogP contribution in [0.1, 0.15) is 37.5 Å². The molecule has 4 N–H and O–H groups in total. The summed E-state index contributed by atoms with van der Waals surface area (Å²) in [6.07, 6.45) is 0. The van der Waals surface area contributed by atoms with Gasteiger partial charge in [-0.25, -0.2) is 4.98 Å². The molecular weight excluding hydrogens is 347 g/mol. The first-order valence-electron chi connectivity index (χ1n) is 6.56. The minimum Gasteiger partial charge on any atom is -0.346 e. The van der Waals surface area contributed by atoms with Gasteiger partial charge in [-0.3, -0.25) is 9.59 Å². The maximum Gasteiger partial charge on any atom is 0.239 e. The highest BCUT2D eigenvalue weighted by Crippen LogP contribution is 2.16. The van der Waals surface area contributed by atoms with E-state index in [9.17, 15) is 9.59 Å². The molecule has 2 amide bonds. The monoisotopic (exact) mass is 370 g/mol. The minimum atomic E-state index is -0.596. The lowest BCUT2D eigenvalue weighted by Crippen LogP contribution is -2.47. The molecule has 0 saturated carbocycles. The van der Waals surface area contributed by atoms with E-state index in [0.29, 0.717) is 0 Å². The second kappa shape index (κ2) is 10.8. The van der Waals surface area contributed by atoms with Crippen molar-refractivity contribution in [1.29, 1.82) is 0 Å². The second-order valence-electron chi connectivity index (χ2n) is 5.10. The Kier molecular flexibility index (Phi) is 11.4. The van der Waals surface area contributed by atoms with Gasteiger partial charge in [-0.1, -0.05) is 13.8 Å². The van der Waals surface area contributed by atoms with Crippen molar-refractivity contribution in [3.05, 3.63) is 16.1 Å². The molecule has 1 aromatic rings. The lowest BCUT2D eigenvalue weighted by atomic mass is 10.1. The Balaban J connectivity index is 0. The van der Waals surface area contributed by atoms with Crippen LogP contribution < -0.4 is 16.4 Å². The Morgan fingerprint density at radius 1 is 1.32 bits per heavy atom. The summed E-state index contributed by atoms with van der Waals surface area (Å²) in [6, 6.07) is -0.765. The van der Waals surface area contributed by atoms with E-state index in [1.807, 2.05) is 33.1 Å². The summed E-state index contributed by atoms with van der Waals surface area (Å²) >= 11 is 1.50. The third-order valence-electron chi connectivity index (χ3n) is 2.83. The molecule has 2 atom stereocenters. The van der Waals surface area contributed by atoms with Gasteiger partial charge in [-0.2, -0.15) is 0 Å². The van der Waals surface area contributed by atoms with Gasteiger partial charge >= 0.3 is 0 Å². The summed E-state index contributed by atoms with van der Waals surface area (Å²) in [4.78, 5) is 27.7. The average molecular weight is 371 g/mol. The standard InChI is InChI=1S/C13H22N4O2S.2ClH/c1-7(2)11(14)12(19)15-5-10(18)17-9(4)13-16-8(3)6-20-13;;/h6-7,9,11H,5,14H2,1-4H3,(H,15,19)(H,17,18);2*1H/t9?,11-;;/m0../s1. The van der Waals surface area contributed by atoms with Crippen LogP contribution >= 0.6 is 36.2 Å². The van der Waals surface area contributed by atoms with Crippen LogP contribution in [0, 0.1) is 12.8 Å². The van der Waals surface area contributed by atoms with E-state index in [2.05, 4.69) is 15.6 Å². The van der Waals surface area contributed by atoms with Crippen molar-refractivity contribution in [2.75, 3.05) is 6.54 Å². The number of rotatable bonds is 6. The molecule has 0 aliphatic carbocycles. The minimum absolute atomic E-state index is 0. The summed E-state index contributed by atoms with van der Waals surface area (Å²) in [6.45, 7) is 7.40. The Morgan fingerprint density at radius 2 is 1.91 bits per heavy atom. The number of nitrogens with zero attached hydrogens (tertiary/aromatic N) is 1. The SMILES string of the molecule is Cc1csc(C(C)NC(=O)CNC(=O)[C@@H](N)C(C)C)n1.Cl.Cl. The summed E-state index contributed by atoms with van der Waals surface area (Å²) in [5.41, 5.74) is 6.62. The van der Waals surface area contributed by atoms with E-state index in [0.717, 1.165) is 10.7 Å². The number of hydrogen-bond donors (Lipinski definition) is 3. The molecule has 1 rings (SSSR count). The van der Waals surface area contributed by atoms with Crippen LogP contribution in [0.2, 0.25) is 0 Å². The number of aromatic nitrogens is 1. The molecule has 0 aliphatic rings. The molecule has 0 bridgehead atoms. The van der Waals surface area contributed by atoms with Crippen molar-refractivity contribution < 1.29 is 9.59 Å². The van der Waals surface area contributed by atoms with Crippen molar-refractivity contribution in [2.24, 2.45) is 11.7 Å². The number of carbonyl (C=O) groups is 2. The molecule has 0 saturated heterocycles. The van der Waals surface area contributed by atoms with Crippen LogP contribution in [0.3, 0.4) is 0 Å². The molecule has 0 aromatic carbocycles. The topological polar surface area (TPSA) is 97.1 Å². The predicted molar refractivity (Wildman–Crippen MR) is 93.7 cm³/mol. The van der Waals surface area contributed by atoms with E-state index < -0.39 is 6.04 Å². The molecule has 0 radical (unpaired) electrons. The zero-order valence-electron chi connectivity index (χ0n) is 13.1. The van der Waals surface area contributed by atoms with Crippen molar-refractivity contribution >= 4 is 48.0 Å². The zero-order chi connectivity index (χ0) is 15.3. The average Bonchev–Trinajstić information content (AvgIpc) is 2.81. The molecular formula is C13H24Cl2N4O2S. The highest BCUT2D eigenvalue weighted by atomic mass is 35.5. The third kappa shape index (κ3) is 7.40. The van der Waals surface area contributed by atoms with Crippen molar-refractivity contribution in [2.45, 2.75) is 39.8 Å². The number of thiazole rings is 1. The van der Waals surface area contributed by atoms with Gasteiger partial charge in [0.05, 0.1) is 18.6 Å². The molecule has 1 unspecified atom stereocenters. The van der Waals surface area contributed by atoms with Crippen LogP contribution in [-0.2, 0) is 9.59 Å². The molecule has 0 aliphatic heterocycles. The molecule has 0 fully saturated rings. The number of nitrogens with two attached hydrogens (primary N) is 1. The number of aryl methyl sites for hydroxylation is 1. The largest absolute Gasteiger partial charge is 0.346 e. The van der Waals surface area contributed by atoms with Gasteiger partial charge in [0.15, 0.2) is 0 Å². The molecule has 0 spiro atoms. The Bertz CT molecular complexity index is 482. The predicted octanol–water partition coefficient (Wildman–Crippen LogP) is 1.57. The lowest BCUT2D eigenvalue weighted by Gasteiger charge is -2.16. The normalized spacial score (nSPS) is 12.6. The van der Waals surface area contributed by atoms with Crippen LogP contribution in [0.5, 0.6) is 0 Å². The van der Waals surface area contributed by atoms with E-state index in [1.54, 1.807) is 0 Å². The number of amides is 2. The molecule has 128 valence electrons. The lowest BCUT2D eigenvalue weighted by molar-refractivity contribution is -0.127. The first-order valence-corrected chi connectivity index (χ1v) is 7.44. The van der Waals surface area contributed by atoms with E-state index in [-0.39, 0.29) is 55.1 Å². The van der Waals surface area contributed by atoms with Gasteiger partial charge < -0.3 is 16.4 Å². The fraction of sp³-hybridized carbons (Fsp3) is 0.615. The summed E-state index contributed by atoms with van der Waals surface area (Å²) < 4.78 is 0. The molecule has 6 nitrogen and oxygen atoms in total. The van der Waals surface area contributed by atoms with Gasteiger partial charge in [-0.05, 0) is 19.8 Å². The van der Waals surface area contributed by atoms with E-state index in [4.69, 9.17) is 5.73 Å². The summed E-state index contributed by atoms with van der Waals surface area (Å²) in [5, 5.41) is 8.10. The first kappa shape index (κ1) is 23.4. The van der Waals surface area contributed by atoms with Gasteiger partial charge in [0.2, 0.25) is 11.8 Å². The quantitative estimate of drug-likeness (QED) is 0.707. The van der Waals surface area contributed by atoms with Crippen molar-refractivity contribution in [3.8, 4) is 0 Å². The Morgan fingerprint density at radius 3 is 2.36 bits per heavy atom. The Labute approximate surface area is 147 Å². The zero-order valence-corrected chi connectivity index (χ0v) is 15.5. The van der Waals surface area contributed by atoms with Gasteiger partial charge in [0, 0.05) is 11.1 Å². The second-order valence-corrected chi connectivity index (χ2v) is 5.99. The maximum atomic E-state index is 11.7. The van der Waals surface area contributed by atoms with E-state index >= 15 is 0 Å².